The monoisotopic (exact) mass is 253 g/mol. The van der Waals surface area contributed by atoms with Gasteiger partial charge >= 0.3 is 0 Å². The summed E-state index contributed by atoms with van der Waals surface area (Å²) in [7, 11) is 0. The summed E-state index contributed by atoms with van der Waals surface area (Å²) in [6.45, 7) is 4.30. The first-order valence-electron chi connectivity index (χ1n) is 6.04. The number of ether oxygens (including phenoxy) is 1. The lowest BCUT2D eigenvalue weighted by atomic mass is 10.2. The summed E-state index contributed by atoms with van der Waals surface area (Å²) in [5.74, 6) is 0.673. The Bertz CT molecular complexity index is 370. The molecule has 0 aromatic carbocycles. The fraction of sp³-hybridized carbons (Fsp3) is 0.583. The Hall–Kier alpha value is -0.840. The fourth-order valence-electron chi connectivity index (χ4n) is 2.60. The smallest absolute Gasteiger partial charge is 0.213 e. The van der Waals surface area contributed by atoms with Gasteiger partial charge in [0.05, 0.1) is 5.02 Å². The number of rotatable bonds is 2. The van der Waals surface area contributed by atoms with Gasteiger partial charge in [-0.05, 0) is 6.07 Å². The second kappa shape index (κ2) is 4.80. The van der Waals surface area contributed by atoms with E-state index in [1.165, 1.54) is 0 Å². The molecule has 2 saturated heterocycles. The van der Waals surface area contributed by atoms with E-state index < -0.39 is 0 Å². The first-order valence-corrected chi connectivity index (χ1v) is 6.42. The summed E-state index contributed by atoms with van der Waals surface area (Å²) in [4.78, 5) is 6.67. The first kappa shape index (κ1) is 11.3. The SMILES string of the molecule is Clc1ccc(O[C@@H]2C[C@H]3CNCCN3C2)nc1. The molecule has 1 aromatic heterocycles. The Labute approximate surface area is 106 Å². The van der Waals surface area contributed by atoms with E-state index in [-0.39, 0.29) is 6.10 Å². The van der Waals surface area contributed by atoms with Gasteiger partial charge in [0, 0.05) is 50.9 Å². The first-order chi connectivity index (χ1) is 8.31. The molecule has 0 amide bonds. The minimum Gasteiger partial charge on any atom is -0.473 e. The minimum absolute atomic E-state index is 0.258. The number of aromatic nitrogens is 1. The molecular formula is C12H16ClN3O. The van der Waals surface area contributed by atoms with Crippen molar-refractivity contribution in [2.45, 2.75) is 18.6 Å². The minimum atomic E-state index is 0.258. The number of fused-ring (bicyclic) bond motifs is 1. The van der Waals surface area contributed by atoms with Gasteiger partial charge in [0.15, 0.2) is 0 Å². The van der Waals surface area contributed by atoms with Gasteiger partial charge in [0.1, 0.15) is 6.10 Å². The Morgan fingerprint density at radius 2 is 2.41 bits per heavy atom. The number of hydrogen-bond donors (Lipinski definition) is 1. The molecule has 0 aliphatic carbocycles. The molecule has 2 aliphatic rings. The quantitative estimate of drug-likeness (QED) is 0.858. The second-order valence-electron chi connectivity index (χ2n) is 4.64. The van der Waals surface area contributed by atoms with Crippen LogP contribution in [0.4, 0.5) is 0 Å². The Morgan fingerprint density at radius 3 is 3.18 bits per heavy atom. The molecule has 0 bridgehead atoms. The lowest BCUT2D eigenvalue weighted by molar-refractivity contribution is 0.182. The van der Waals surface area contributed by atoms with E-state index in [0.29, 0.717) is 16.9 Å². The Kier molecular flexibility index (Phi) is 3.18. The molecule has 4 nitrogen and oxygen atoms in total. The van der Waals surface area contributed by atoms with Crippen LogP contribution in [0.3, 0.4) is 0 Å². The van der Waals surface area contributed by atoms with Crippen LogP contribution in [0.15, 0.2) is 18.3 Å². The van der Waals surface area contributed by atoms with Crippen molar-refractivity contribution in [1.29, 1.82) is 0 Å². The molecule has 0 spiro atoms. The molecule has 0 saturated carbocycles. The number of pyridine rings is 1. The zero-order valence-electron chi connectivity index (χ0n) is 9.60. The van der Waals surface area contributed by atoms with E-state index in [1.54, 1.807) is 6.20 Å². The number of halogens is 1. The zero-order chi connectivity index (χ0) is 11.7. The average molecular weight is 254 g/mol. The van der Waals surface area contributed by atoms with Crippen LogP contribution in [0.5, 0.6) is 5.88 Å². The number of nitrogens with zero attached hydrogens (tertiary/aromatic N) is 2. The van der Waals surface area contributed by atoms with Crippen molar-refractivity contribution in [2.24, 2.45) is 0 Å². The summed E-state index contributed by atoms with van der Waals surface area (Å²) in [5, 5.41) is 4.06. The van der Waals surface area contributed by atoms with Crippen molar-refractivity contribution in [3.63, 3.8) is 0 Å². The standard InChI is InChI=1S/C12H16ClN3O/c13-9-1-2-12(15-6-9)17-11-5-10-7-14-3-4-16(10)8-11/h1-2,6,10-11,14H,3-5,7-8H2/t10-,11+/m0/s1. The molecule has 2 aliphatic heterocycles. The zero-order valence-corrected chi connectivity index (χ0v) is 10.4. The van der Waals surface area contributed by atoms with Crippen LogP contribution >= 0.6 is 11.6 Å². The van der Waals surface area contributed by atoms with Crippen LogP contribution in [0.2, 0.25) is 5.02 Å². The fourth-order valence-corrected chi connectivity index (χ4v) is 2.72. The predicted octanol–water partition coefficient (Wildman–Crippen LogP) is 1.16. The highest BCUT2D eigenvalue weighted by molar-refractivity contribution is 6.30. The number of piperazine rings is 1. The molecular weight excluding hydrogens is 238 g/mol. The van der Waals surface area contributed by atoms with Crippen molar-refractivity contribution < 1.29 is 4.74 Å². The largest absolute Gasteiger partial charge is 0.473 e. The molecule has 3 rings (SSSR count). The predicted molar refractivity (Wildman–Crippen MR) is 66.5 cm³/mol. The molecule has 2 fully saturated rings. The summed E-state index contributed by atoms with van der Waals surface area (Å²) >= 11 is 5.79. The topological polar surface area (TPSA) is 37.4 Å². The lowest BCUT2D eigenvalue weighted by Crippen LogP contribution is -2.47. The normalized spacial score (nSPS) is 29.0. The summed E-state index contributed by atoms with van der Waals surface area (Å²) in [6.07, 6.45) is 2.96. The van der Waals surface area contributed by atoms with Crippen LogP contribution in [-0.4, -0.2) is 48.2 Å². The Morgan fingerprint density at radius 1 is 1.47 bits per heavy atom. The van der Waals surface area contributed by atoms with Crippen LogP contribution < -0.4 is 10.1 Å². The summed E-state index contributed by atoms with van der Waals surface area (Å²) < 4.78 is 5.88. The van der Waals surface area contributed by atoms with Crippen molar-refractivity contribution in [3.8, 4) is 5.88 Å². The van der Waals surface area contributed by atoms with E-state index in [2.05, 4.69) is 15.2 Å². The highest BCUT2D eigenvalue weighted by Crippen LogP contribution is 2.23. The molecule has 2 atom stereocenters. The highest BCUT2D eigenvalue weighted by Gasteiger charge is 2.34. The maximum Gasteiger partial charge on any atom is 0.213 e. The molecule has 3 heterocycles. The van der Waals surface area contributed by atoms with E-state index in [4.69, 9.17) is 16.3 Å². The number of nitrogens with one attached hydrogen (secondary N) is 1. The average Bonchev–Trinajstić information content (AvgIpc) is 2.74. The Balaban J connectivity index is 1.61. The van der Waals surface area contributed by atoms with E-state index in [1.807, 2.05) is 12.1 Å². The van der Waals surface area contributed by atoms with Gasteiger partial charge in [-0.1, -0.05) is 11.6 Å². The number of hydrogen-bond acceptors (Lipinski definition) is 4. The maximum atomic E-state index is 5.88. The van der Waals surface area contributed by atoms with Gasteiger partial charge in [-0.25, -0.2) is 4.98 Å². The molecule has 92 valence electrons. The molecule has 1 N–H and O–H groups in total. The van der Waals surface area contributed by atoms with E-state index in [9.17, 15) is 0 Å². The van der Waals surface area contributed by atoms with Crippen molar-refractivity contribution in [1.82, 2.24) is 15.2 Å². The van der Waals surface area contributed by atoms with Crippen LogP contribution in [0.25, 0.3) is 0 Å². The van der Waals surface area contributed by atoms with Gasteiger partial charge < -0.3 is 10.1 Å². The van der Waals surface area contributed by atoms with Crippen molar-refractivity contribution >= 4 is 11.6 Å². The van der Waals surface area contributed by atoms with Crippen molar-refractivity contribution in [3.05, 3.63) is 23.4 Å². The van der Waals surface area contributed by atoms with Crippen molar-refractivity contribution in [2.75, 3.05) is 26.2 Å². The van der Waals surface area contributed by atoms with Crippen LogP contribution in [0, 0.1) is 0 Å². The van der Waals surface area contributed by atoms with Gasteiger partial charge in [-0.2, -0.15) is 0 Å². The van der Waals surface area contributed by atoms with Crippen LogP contribution in [0.1, 0.15) is 6.42 Å². The third kappa shape index (κ3) is 2.54. The summed E-state index contributed by atoms with van der Waals surface area (Å²) in [5.41, 5.74) is 0. The highest BCUT2D eigenvalue weighted by atomic mass is 35.5. The van der Waals surface area contributed by atoms with Gasteiger partial charge in [-0.3, -0.25) is 4.90 Å². The molecule has 0 unspecified atom stereocenters. The van der Waals surface area contributed by atoms with Gasteiger partial charge in [-0.15, -0.1) is 0 Å². The second-order valence-corrected chi connectivity index (χ2v) is 5.08. The molecule has 1 aromatic rings. The van der Waals surface area contributed by atoms with Gasteiger partial charge in [0.25, 0.3) is 0 Å². The van der Waals surface area contributed by atoms with Crippen LogP contribution in [-0.2, 0) is 0 Å². The third-order valence-corrected chi connectivity index (χ3v) is 3.66. The maximum absolute atomic E-state index is 5.88. The van der Waals surface area contributed by atoms with E-state index in [0.717, 1.165) is 32.6 Å². The molecule has 17 heavy (non-hydrogen) atoms. The molecule has 5 heteroatoms. The molecule has 0 radical (unpaired) electrons. The summed E-state index contributed by atoms with van der Waals surface area (Å²) in [6, 6.07) is 4.27. The van der Waals surface area contributed by atoms with E-state index >= 15 is 0 Å². The lowest BCUT2D eigenvalue weighted by Gasteiger charge is -2.29. The third-order valence-electron chi connectivity index (χ3n) is 3.43. The van der Waals surface area contributed by atoms with Gasteiger partial charge in [0.2, 0.25) is 5.88 Å².